The molecule has 1 heterocycles. The van der Waals surface area contributed by atoms with Gasteiger partial charge in [-0.1, -0.05) is 40.8 Å². The molecule has 5 nitrogen and oxygen atoms in total. The highest BCUT2D eigenvalue weighted by Gasteiger charge is 2.10. The number of hydrogen-bond acceptors (Lipinski definition) is 7. The van der Waals surface area contributed by atoms with Crippen molar-refractivity contribution in [1.82, 2.24) is 10.2 Å². The van der Waals surface area contributed by atoms with E-state index in [1.165, 1.54) is 23.1 Å². The number of thioether (sulfide) groups is 1. The van der Waals surface area contributed by atoms with Crippen LogP contribution in [0.25, 0.3) is 0 Å². The molecule has 8 heteroatoms. The van der Waals surface area contributed by atoms with Gasteiger partial charge in [0, 0.05) is 22.3 Å². The average molecular weight is 392 g/mol. The highest BCUT2D eigenvalue weighted by Crippen LogP contribution is 2.29. The summed E-state index contributed by atoms with van der Waals surface area (Å²) in [5.41, 5.74) is 1.50. The predicted octanol–water partition coefficient (Wildman–Crippen LogP) is 4.92. The molecule has 128 valence electrons. The molecule has 2 aromatic carbocycles. The maximum absolute atomic E-state index is 12.2. The summed E-state index contributed by atoms with van der Waals surface area (Å²) in [7, 11) is 1.62. The molecule has 0 aliphatic carbocycles. The predicted molar refractivity (Wildman–Crippen MR) is 103 cm³/mol. The van der Waals surface area contributed by atoms with Crippen molar-refractivity contribution in [3.8, 4) is 5.75 Å². The number of methoxy groups -OCH3 is 1. The Labute approximate surface area is 158 Å². The first kappa shape index (κ1) is 17.7. The molecule has 3 aromatic rings. The van der Waals surface area contributed by atoms with E-state index in [9.17, 15) is 4.79 Å². The monoisotopic (exact) mass is 391 g/mol. The number of nitrogens with zero attached hydrogens (tertiary/aromatic N) is 2. The van der Waals surface area contributed by atoms with Gasteiger partial charge in [0.15, 0.2) is 10.1 Å². The van der Waals surface area contributed by atoms with Crippen LogP contribution in [0.5, 0.6) is 5.75 Å². The Kier molecular flexibility index (Phi) is 5.91. The third-order valence-corrected chi connectivity index (χ3v) is 5.44. The molecule has 0 spiro atoms. The summed E-state index contributed by atoms with van der Waals surface area (Å²) < 4.78 is 5.92. The second-order valence-electron chi connectivity index (χ2n) is 4.95. The van der Waals surface area contributed by atoms with Crippen molar-refractivity contribution in [3.63, 3.8) is 0 Å². The number of carbonyl (C=O) groups excluding carboxylic acids is 1. The van der Waals surface area contributed by atoms with Crippen LogP contribution in [-0.4, -0.2) is 28.8 Å². The SMILES string of the molecule is COc1cccc(Nc2nnc(SCC(=O)c3ccc(Cl)cc3)s2)c1. The van der Waals surface area contributed by atoms with E-state index in [1.807, 2.05) is 24.3 Å². The van der Waals surface area contributed by atoms with Crippen LogP contribution < -0.4 is 10.1 Å². The molecule has 0 aliphatic heterocycles. The van der Waals surface area contributed by atoms with Gasteiger partial charge >= 0.3 is 0 Å². The van der Waals surface area contributed by atoms with Crippen molar-refractivity contribution in [3.05, 3.63) is 59.1 Å². The van der Waals surface area contributed by atoms with Gasteiger partial charge in [0.05, 0.1) is 12.9 Å². The largest absolute Gasteiger partial charge is 0.497 e. The molecule has 0 atom stereocenters. The number of Topliss-reactive ketones (excluding diaryl/α,β-unsaturated/α-hetero) is 1. The summed E-state index contributed by atoms with van der Waals surface area (Å²) in [6.45, 7) is 0. The van der Waals surface area contributed by atoms with Crippen molar-refractivity contribution in [2.24, 2.45) is 0 Å². The van der Waals surface area contributed by atoms with E-state index in [0.717, 1.165) is 15.8 Å². The molecule has 0 radical (unpaired) electrons. The number of ketones is 1. The summed E-state index contributed by atoms with van der Waals surface area (Å²) in [6.07, 6.45) is 0. The number of halogens is 1. The minimum Gasteiger partial charge on any atom is -0.497 e. The number of benzene rings is 2. The minimum atomic E-state index is 0.0270. The van der Waals surface area contributed by atoms with Gasteiger partial charge in [-0.25, -0.2) is 0 Å². The Morgan fingerprint density at radius 1 is 1.24 bits per heavy atom. The van der Waals surface area contributed by atoms with Gasteiger partial charge in [0.1, 0.15) is 5.75 Å². The van der Waals surface area contributed by atoms with Crippen LogP contribution in [0.2, 0.25) is 5.02 Å². The Bertz CT molecular complexity index is 868. The van der Waals surface area contributed by atoms with Crippen LogP contribution in [0.3, 0.4) is 0 Å². The first-order chi connectivity index (χ1) is 12.1. The van der Waals surface area contributed by atoms with Crippen LogP contribution in [0, 0.1) is 0 Å². The van der Waals surface area contributed by atoms with Crippen molar-refractivity contribution in [2.75, 3.05) is 18.2 Å². The highest BCUT2D eigenvalue weighted by molar-refractivity contribution is 8.01. The van der Waals surface area contributed by atoms with Gasteiger partial charge in [-0.3, -0.25) is 4.79 Å². The summed E-state index contributed by atoms with van der Waals surface area (Å²) in [5.74, 6) is 1.09. The van der Waals surface area contributed by atoms with Crippen LogP contribution >= 0.6 is 34.7 Å². The van der Waals surface area contributed by atoms with Crippen LogP contribution in [0.15, 0.2) is 52.9 Å². The van der Waals surface area contributed by atoms with E-state index in [-0.39, 0.29) is 5.78 Å². The van der Waals surface area contributed by atoms with Crippen LogP contribution in [0.4, 0.5) is 10.8 Å². The Morgan fingerprint density at radius 3 is 2.80 bits per heavy atom. The van der Waals surface area contributed by atoms with Gasteiger partial charge < -0.3 is 10.1 Å². The lowest BCUT2D eigenvalue weighted by Crippen LogP contribution is -2.01. The topological polar surface area (TPSA) is 64.1 Å². The Morgan fingerprint density at radius 2 is 2.04 bits per heavy atom. The van der Waals surface area contributed by atoms with Gasteiger partial charge in [-0.2, -0.15) is 0 Å². The van der Waals surface area contributed by atoms with Gasteiger partial charge in [-0.05, 0) is 36.4 Å². The molecular weight excluding hydrogens is 378 g/mol. The van der Waals surface area contributed by atoms with Crippen LogP contribution in [-0.2, 0) is 0 Å². The summed E-state index contributed by atoms with van der Waals surface area (Å²) in [5, 5.41) is 12.6. The van der Waals surface area contributed by atoms with Gasteiger partial charge in [-0.15, -0.1) is 10.2 Å². The molecule has 0 saturated carbocycles. The molecular formula is C17H14ClN3O2S2. The van der Waals surface area contributed by atoms with Gasteiger partial charge in [0.2, 0.25) is 5.13 Å². The zero-order chi connectivity index (χ0) is 17.6. The zero-order valence-electron chi connectivity index (χ0n) is 13.2. The van der Waals surface area contributed by atoms with E-state index >= 15 is 0 Å². The maximum Gasteiger partial charge on any atom is 0.210 e. The van der Waals surface area contributed by atoms with E-state index in [2.05, 4.69) is 15.5 Å². The molecule has 1 aromatic heterocycles. The number of hydrogen-bond donors (Lipinski definition) is 1. The molecule has 0 unspecified atom stereocenters. The molecule has 1 N–H and O–H groups in total. The first-order valence-electron chi connectivity index (χ1n) is 7.30. The number of carbonyl (C=O) groups is 1. The first-order valence-corrected chi connectivity index (χ1v) is 9.48. The van der Waals surface area contributed by atoms with Crippen molar-refractivity contribution in [2.45, 2.75) is 4.34 Å². The third-order valence-electron chi connectivity index (χ3n) is 3.22. The van der Waals surface area contributed by atoms with Gasteiger partial charge in [0.25, 0.3) is 0 Å². The fourth-order valence-electron chi connectivity index (χ4n) is 1.99. The molecule has 25 heavy (non-hydrogen) atoms. The van der Waals surface area contributed by atoms with Crippen molar-refractivity contribution >= 4 is 51.3 Å². The van der Waals surface area contributed by atoms with E-state index in [0.29, 0.717) is 21.5 Å². The molecule has 3 rings (SSSR count). The quantitative estimate of drug-likeness (QED) is 0.455. The summed E-state index contributed by atoms with van der Waals surface area (Å²) in [6, 6.07) is 14.4. The molecule has 0 aliphatic rings. The van der Waals surface area contributed by atoms with Crippen molar-refractivity contribution < 1.29 is 9.53 Å². The van der Waals surface area contributed by atoms with Crippen molar-refractivity contribution in [1.29, 1.82) is 0 Å². The fraction of sp³-hybridized carbons (Fsp3) is 0.118. The lowest BCUT2D eigenvalue weighted by Gasteiger charge is -2.04. The number of anilines is 2. The second-order valence-corrected chi connectivity index (χ2v) is 7.59. The number of nitrogens with one attached hydrogen (secondary N) is 1. The second kappa shape index (κ2) is 8.33. The number of ether oxygens (including phenoxy) is 1. The lowest BCUT2D eigenvalue weighted by atomic mass is 10.1. The normalized spacial score (nSPS) is 10.5. The molecule has 0 amide bonds. The zero-order valence-corrected chi connectivity index (χ0v) is 15.6. The highest BCUT2D eigenvalue weighted by atomic mass is 35.5. The third kappa shape index (κ3) is 4.94. The standard InChI is InChI=1S/C17H14ClN3O2S2/c1-23-14-4-2-3-13(9-14)19-16-20-21-17(25-16)24-10-15(22)11-5-7-12(18)8-6-11/h2-9H,10H2,1H3,(H,19,20). The molecule has 0 fully saturated rings. The smallest absolute Gasteiger partial charge is 0.210 e. The average Bonchev–Trinajstić information content (AvgIpc) is 3.08. The summed E-state index contributed by atoms with van der Waals surface area (Å²) in [4.78, 5) is 12.2. The Balaban J connectivity index is 1.58. The van der Waals surface area contributed by atoms with E-state index < -0.39 is 0 Å². The molecule has 0 bridgehead atoms. The maximum atomic E-state index is 12.2. The van der Waals surface area contributed by atoms with E-state index in [1.54, 1.807) is 31.4 Å². The molecule has 0 saturated heterocycles. The number of rotatable bonds is 7. The number of aromatic nitrogens is 2. The fourth-order valence-corrected chi connectivity index (χ4v) is 3.78. The Hall–Kier alpha value is -2.09. The minimum absolute atomic E-state index is 0.0270. The summed E-state index contributed by atoms with van der Waals surface area (Å²) >= 11 is 8.59. The van der Waals surface area contributed by atoms with E-state index in [4.69, 9.17) is 16.3 Å². The van der Waals surface area contributed by atoms with Crippen LogP contribution in [0.1, 0.15) is 10.4 Å². The lowest BCUT2D eigenvalue weighted by molar-refractivity contribution is 0.102.